The molecule has 10 heavy (non-hydrogen) atoms. The second-order valence-electron chi connectivity index (χ2n) is 1.11. The van der Waals surface area contributed by atoms with Gasteiger partial charge in [0.1, 0.15) is 0 Å². The van der Waals surface area contributed by atoms with Crippen molar-refractivity contribution in [2.75, 3.05) is 0 Å². The number of carbonyl (C=O) groups is 1. The van der Waals surface area contributed by atoms with E-state index in [1.165, 1.54) is 0 Å². The van der Waals surface area contributed by atoms with E-state index in [0.29, 0.717) is 0 Å². The third kappa shape index (κ3) is 1.89. The van der Waals surface area contributed by atoms with E-state index in [1.54, 1.807) is 0 Å². The zero-order valence-corrected chi connectivity index (χ0v) is 5.28. The van der Waals surface area contributed by atoms with Crippen molar-refractivity contribution in [1.82, 2.24) is 5.06 Å². The lowest BCUT2D eigenvalue weighted by atomic mass is 10.6. The van der Waals surface area contributed by atoms with Crippen molar-refractivity contribution in [1.29, 1.82) is 5.26 Å². The molecule has 0 aromatic rings. The Morgan fingerprint density at radius 1 is 1.80 bits per heavy atom. The number of hydroxylamine groups is 2. The van der Waals surface area contributed by atoms with E-state index in [2.05, 4.69) is 5.16 Å². The lowest BCUT2D eigenvalue weighted by Crippen LogP contribution is -2.26. The van der Waals surface area contributed by atoms with Crippen LogP contribution in [0.2, 0.25) is 0 Å². The first-order chi connectivity index (χ1) is 4.63. The van der Waals surface area contributed by atoms with E-state index >= 15 is 0 Å². The fourth-order valence-electron chi connectivity index (χ4n) is 0.176. The maximum atomic E-state index is 10.3. The highest BCUT2D eigenvalue weighted by molar-refractivity contribution is 6.82. The summed E-state index contributed by atoms with van der Waals surface area (Å²) < 4.78 is 0. The number of oxime groups is 1. The van der Waals surface area contributed by atoms with Crippen molar-refractivity contribution < 1.29 is 15.2 Å². The molecule has 0 aliphatic heterocycles. The van der Waals surface area contributed by atoms with Gasteiger partial charge in [-0.05, 0) is 0 Å². The fourth-order valence-corrected chi connectivity index (χ4v) is 0.256. The normalized spacial score (nSPS) is 10.3. The number of nitrogens with zero attached hydrogens (tertiary/aromatic N) is 3. The van der Waals surface area contributed by atoms with Crippen LogP contribution in [0.25, 0.3) is 0 Å². The summed E-state index contributed by atoms with van der Waals surface area (Å²) in [7, 11) is 0. The smallest absolute Gasteiger partial charge is 0.325 e. The van der Waals surface area contributed by atoms with E-state index in [9.17, 15) is 4.79 Å². The predicted molar refractivity (Wildman–Crippen MR) is 29.3 cm³/mol. The summed E-state index contributed by atoms with van der Waals surface area (Å²) in [6.07, 6.45) is 1.04. The van der Waals surface area contributed by atoms with E-state index in [1.807, 2.05) is 0 Å². The van der Waals surface area contributed by atoms with Crippen LogP contribution in [0.1, 0.15) is 0 Å². The minimum Gasteiger partial charge on any atom is -0.409 e. The van der Waals surface area contributed by atoms with Crippen LogP contribution in [0, 0.1) is 11.5 Å². The van der Waals surface area contributed by atoms with Gasteiger partial charge in [-0.3, -0.25) is 10.0 Å². The molecule has 0 fully saturated rings. The first-order valence-corrected chi connectivity index (χ1v) is 2.32. The topological polar surface area (TPSA) is 96.9 Å². The van der Waals surface area contributed by atoms with Gasteiger partial charge in [0.05, 0.1) is 0 Å². The Morgan fingerprint density at radius 2 is 2.30 bits per heavy atom. The van der Waals surface area contributed by atoms with Crippen molar-refractivity contribution in [2.45, 2.75) is 0 Å². The average molecular weight is 164 g/mol. The van der Waals surface area contributed by atoms with Gasteiger partial charge in [-0.1, -0.05) is 16.8 Å². The Bertz CT molecular complexity index is 208. The molecule has 0 unspecified atom stereocenters. The zero-order chi connectivity index (χ0) is 8.15. The number of hydrogen-bond acceptors (Lipinski definition) is 5. The van der Waals surface area contributed by atoms with Crippen molar-refractivity contribution in [3.63, 3.8) is 0 Å². The highest BCUT2D eigenvalue weighted by Gasteiger charge is 2.15. The van der Waals surface area contributed by atoms with Crippen molar-refractivity contribution in [3.05, 3.63) is 0 Å². The lowest BCUT2D eigenvalue weighted by molar-refractivity contribution is -0.143. The second-order valence-corrected chi connectivity index (χ2v) is 1.47. The van der Waals surface area contributed by atoms with Gasteiger partial charge in [0.15, 0.2) is 0 Å². The van der Waals surface area contributed by atoms with E-state index in [0.717, 1.165) is 6.19 Å². The summed E-state index contributed by atoms with van der Waals surface area (Å²) in [6.45, 7) is 0. The van der Waals surface area contributed by atoms with Gasteiger partial charge in [-0.2, -0.15) is 5.26 Å². The van der Waals surface area contributed by atoms with Gasteiger partial charge in [-0.15, -0.1) is 5.06 Å². The zero-order valence-electron chi connectivity index (χ0n) is 4.52. The van der Waals surface area contributed by atoms with Crippen molar-refractivity contribution in [2.24, 2.45) is 5.16 Å². The summed E-state index contributed by atoms with van der Waals surface area (Å²) in [5.41, 5.74) is 0. The molecule has 0 aromatic heterocycles. The Morgan fingerprint density at radius 3 is 2.60 bits per heavy atom. The van der Waals surface area contributed by atoms with Crippen LogP contribution in [0.15, 0.2) is 5.16 Å². The van der Waals surface area contributed by atoms with E-state index < -0.39 is 11.1 Å². The molecule has 0 radical (unpaired) electrons. The Balaban J connectivity index is 4.27. The standard InChI is InChI=1S/C3H2ClN3O3/c4-2(6-9)3(8)7(10)1-5/h9-10H. The summed E-state index contributed by atoms with van der Waals surface area (Å²) in [5.74, 6) is -1.29. The van der Waals surface area contributed by atoms with Crippen LogP contribution < -0.4 is 0 Å². The molecule has 0 aliphatic rings. The van der Waals surface area contributed by atoms with E-state index in [4.69, 9.17) is 27.3 Å². The molecule has 2 N–H and O–H groups in total. The number of halogens is 1. The first-order valence-electron chi connectivity index (χ1n) is 1.94. The summed E-state index contributed by atoms with van der Waals surface area (Å²) in [6, 6.07) is 0. The Hall–Kier alpha value is -1.32. The van der Waals surface area contributed by atoms with Crippen LogP contribution in [-0.2, 0) is 4.79 Å². The maximum Gasteiger partial charge on any atom is 0.325 e. The van der Waals surface area contributed by atoms with Gasteiger partial charge >= 0.3 is 5.91 Å². The monoisotopic (exact) mass is 163 g/mol. The molecule has 0 saturated heterocycles. The molecule has 0 rings (SSSR count). The molecule has 0 spiro atoms. The minimum atomic E-state index is -1.29. The molecule has 0 atom stereocenters. The van der Waals surface area contributed by atoms with Gasteiger partial charge in [-0.25, -0.2) is 0 Å². The molecule has 1 amide bonds. The third-order valence-corrected chi connectivity index (χ3v) is 0.789. The number of rotatable bonds is 1. The molecule has 54 valence electrons. The van der Waals surface area contributed by atoms with Gasteiger partial charge in [0, 0.05) is 0 Å². The summed E-state index contributed by atoms with van der Waals surface area (Å²) in [4.78, 5) is 10.3. The molecule has 0 heterocycles. The van der Waals surface area contributed by atoms with Gasteiger partial charge < -0.3 is 5.21 Å². The minimum absolute atomic E-state index is 0.359. The summed E-state index contributed by atoms with van der Waals surface area (Å²) in [5, 5.41) is 25.0. The maximum absolute atomic E-state index is 10.3. The van der Waals surface area contributed by atoms with Crippen LogP contribution in [0.4, 0.5) is 0 Å². The Kier molecular flexibility index (Phi) is 3.17. The van der Waals surface area contributed by atoms with Crippen LogP contribution in [-0.4, -0.2) is 26.6 Å². The van der Waals surface area contributed by atoms with E-state index in [-0.39, 0.29) is 5.06 Å². The van der Waals surface area contributed by atoms with Crippen molar-refractivity contribution in [3.8, 4) is 6.19 Å². The number of nitriles is 1. The highest BCUT2D eigenvalue weighted by Crippen LogP contribution is 1.90. The molecule has 6 nitrogen and oxygen atoms in total. The van der Waals surface area contributed by atoms with Crippen LogP contribution in [0.5, 0.6) is 0 Å². The fraction of sp³-hybridized carbons (Fsp3) is 0. The van der Waals surface area contributed by atoms with Crippen LogP contribution >= 0.6 is 11.6 Å². The third-order valence-electron chi connectivity index (χ3n) is 0.551. The second kappa shape index (κ2) is 3.66. The first kappa shape index (κ1) is 8.68. The molecule has 0 aromatic carbocycles. The van der Waals surface area contributed by atoms with Crippen molar-refractivity contribution >= 4 is 22.7 Å². The largest absolute Gasteiger partial charge is 0.409 e. The summed E-state index contributed by atoms with van der Waals surface area (Å²) >= 11 is 4.89. The molecule has 0 saturated carbocycles. The van der Waals surface area contributed by atoms with Gasteiger partial charge in [0.2, 0.25) is 11.4 Å². The lowest BCUT2D eigenvalue weighted by Gasteiger charge is -1.99. The number of hydrogen-bond donors (Lipinski definition) is 2. The molecular formula is C3H2ClN3O3. The average Bonchev–Trinajstić information content (AvgIpc) is 2.00. The van der Waals surface area contributed by atoms with Crippen LogP contribution in [0.3, 0.4) is 0 Å². The molecule has 0 bridgehead atoms. The number of carbonyl (C=O) groups excluding carboxylic acids is 1. The predicted octanol–water partition coefficient (Wildman–Crippen LogP) is -0.288. The quantitative estimate of drug-likeness (QED) is 0.139. The molecule has 0 aliphatic carbocycles. The number of amides is 1. The SMILES string of the molecule is N#CN(O)C(=O)C(Cl)=NO. The van der Waals surface area contributed by atoms with Gasteiger partial charge in [0.25, 0.3) is 0 Å². The Labute approximate surface area is 60.5 Å². The molecular weight excluding hydrogens is 162 g/mol. The highest BCUT2D eigenvalue weighted by atomic mass is 35.5. The molecule has 7 heteroatoms.